The van der Waals surface area contributed by atoms with E-state index in [0.29, 0.717) is 11.1 Å². The first-order valence-electron chi connectivity index (χ1n) is 8.69. The summed E-state index contributed by atoms with van der Waals surface area (Å²) in [5.74, 6) is -0.170. The van der Waals surface area contributed by atoms with Gasteiger partial charge in [0.25, 0.3) is 5.91 Å². The molecular weight excluding hydrogens is 350 g/mol. The Balaban J connectivity index is 1.88. The summed E-state index contributed by atoms with van der Waals surface area (Å²) in [5.41, 5.74) is 2.87. The van der Waals surface area contributed by atoms with Crippen LogP contribution in [0.15, 0.2) is 48.5 Å². The van der Waals surface area contributed by atoms with E-state index in [1.54, 1.807) is 31.3 Å². The van der Waals surface area contributed by atoms with Gasteiger partial charge >= 0.3 is 0 Å². The minimum absolute atomic E-state index is 0.170. The third kappa shape index (κ3) is 3.87. The zero-order valence-electron chi connectivity index (χ0n) is 14.8. The molecule has 0 aliphatic carbocycles. The van der Waals surface area contributed by atoms with E-state index >= 15 is 0 Å². The maximum Gasteiger partial charge on any atom is 0.251 e. The lowest BCUT2D eigenvalue weighted by Crippen LogP contribution is -2.55. The molecule has 1 amide bonds. The zero-order valence-corrected chi connectivity index (χ0v) is 14.8. The molecule has 7 nitrogen and oxygen atoms in total. The van der Waals surface area contributed by atoms with Crippen LogP contribution < -0.4 is 5.32 Å². The Hall–Kier alpha value is -2.29. The fourth-order valence-electron chi connectivity index (χ4n) is 3.23. The van der Waals surface area contributed by atoms with Crippen LogP contribution in [0.5, 0.6) is 0 Å². The summed E-state index contributed by atoms with van der Waals surface area (Å²) >= 11 is 0. The summed E-state index contributed by atoms with van der Waals surface area (Å²) in [6.07, 6.45) is -5.97. The molecule has 1 saturated heterocycles. The fourth-order valence-corrected chi connectivity index (χ4v) is 3.23. The number of hydrogen-bond acceptors (Lipinski definition) is 6. The zero-order chi connectivity index (χ0) is 19.6. The topological polar surface area (TPSA) is 119 Å². The van der Waals surface area contributed by atoms with Crippen LogP contribution >= 0.6 is 0 Å². The molecule has 3 rings (SSSR count). The molecular formula is C20H23NO6. The van der Waals surface area contributed by atoms with Crippen LogP contribution in [-0.4, -0.2) is 64.4 Å². The first kappa shape index (κ1) is 19.5. The van der Waals surface area contributed by atoms with Crippen LogP contribution in [0.1, 0.15) is 22.0 Å². The van der Waals surface area contributed by atoms with Crippen LogP contribution in [0.25, 0.3) is 11.1 Å². The molecule has 0 bridgehead atoms. The smallest absolute Gasteiger partial charge is 0.251 e. The third-order valence-corrected chi connectivity index (χ3v) is 4.81. The Morgan fingerprint density at radius 1 is 1.00 bits per heavy atom. The molecule has 5 N–H and O–H groups in total. The van der Waals surface area contributed by atoms with Gasteiger partial charge in [-0.15, -0.1) is 0 Å². The van der Waals surface area contributed by atoms with E-state index in [1.807, 2.05) is 24.3 Å². The number of hydrogen-bond donors (Lipinski definition) is 5. The van der Waals surface area contributed by atoms with Crippen molar-refractivity contribution in [1.29, 1.82) is 0 Å². The van der Waals surface area contributed by atoms with Crippen LogP contribution in [0, 0.1) is 0 Å². The lowest BCUT2D eigenvalue weighted by molar-refractivity contribution is -0.231. The summed E-state index contributed by atoms with van der Waals surface area (Å²) in [7, 11) is 1.57. The normalized spacial score (nSPS) is 28.0. The van der Waals surface area contributed by atoms with Gasteiger partial charge in [0, 0.05) is 12.6 Å². The van der Waals surface area contributed by atoms with Gasteiger partial charge in [0.1, 0.15) is 30.5 Å². The van der Waals surface area contributed by atoms with Crippen LogP contribution in [0.3, 0.4) is 0 Å². The van der Waals surface area contributed by atoms with Gasteiger partial charge in [0.05, 0.1) is 6.61 Å². The monoisotopic (exact) mass is 373 g/mol. The number of nitrogens with one attached hydrogen (secondary N) is 1. The van der Waals surface area contributed by atoms with Gasteiger partial charge in [-0.1, -0.05) is 30.3 Å². The van der Waals surface area contributed by atoms with Crippen molar-refractivity contribution in [2.45, 2.75) is 30.5 Å². The number of aliphatic hydroxyl groups is 4. The van der Waals surface area contributed by atoms with Gasteiger partial charge in [-0.2, -0.15) is 0 Å². The highest BCUT2D eigenvalue weighted by Gasteiger charge is 2.43. The molecule has 1 aliphatic heterocycles. The van der Waals surface area contributed by atoms with Gasteiger partial charge in [-0.25, -0.2) is 0 Å². The van der Waals surface area contributed by atoms with Crippen molar-refractivity contribution < 1.29 is 30.0 Å². The Kier molecular flexibility index (Phi) is 5.88. The maximum absolute atomic E-state index is 11.7. The van der Waals surface area contributed by atoms with E-state index in [0.717, 1.165) is 11.1 Å². The molecule has 2 aromatic rings. The van der Waals surface area contributed by atoms with Crippen molar-refractivity contribution in [2.75, 3.05) is 13.7 Å². The van der Waals surface area contributed by atoms with Crippen molar-refractivity contribution >= 4 is 5.91 Å². The van der Waals surface area contributed by atoms with Crippen molar-refractivity contribution in [1.82, 2.24) is 5.32 Å². The highest BCUT2D eigenvalue weighted by molar-refractivity contribution is 5.94. The van der Waals surface area contributed by atoms with E-state index in [9.17, 15) is 25.2 Å². The number of carbonyl (C=O) groups excluding carboxylic acids is 1. The molecule has 1 fully saturated rings. The standard InChI is InChI=1S/C20H23NO6/c1-21-20(26)12-7-5-11(6-8-12)13-3-2-4-14(9-13)19-18(25)17(24)16(23)15(10-22)27-19/h2-9,15-19,22-25H,10H2,1H3,(H,21,26)/t15-,16-,17+,18+,19?/m1/s1. The Bertz CT molecular complexity index is 791. The molecule has 1 aliphatic rings. The molecule has 5 atom stereocenters. The molecule has 2 aromatic carbocycles. The van der Waals surface area contributed by atoms with E-state index < -0.39 is 37.1 Å². The second kappa shape index (κ2) is 8.16. The van der Waals surface area contributed by atoms with Gasteiger partial charge in [0.15, 0.2) is 0 Å². The van der Waals surface area contributed by atoms with Gasteiger partial charge < -0.3 is 30.5 Å². The minimum atomic E-state index is -1.42. The second-order valence-corrected chi connectivity index (χ2v) is 6.53. The Morgan fingerprint density at radius 2 is 1.70 bits per heavy atom. The summed E-state index contributed by atoms with van der Waals surface area (Å²) in [4.78, 5) is 11.7. The Labute approximate surface area is 156 Å². The third-order valence-electron chi connectivity index (χ3n) is 4.81. The number of benzene rings is 2. The van der Waals surface area contributed by atoms with Gasteiger partial charge in [-0.05, 0) is 34.9 Å². The highest BCUT2D eigenvalue weighted by Crippen LogP contribution is 2.34. The van der Waals surface area contributed by atoms with Crippen molar-refractivity contribution in [3.8, 4) is 11.1 Å². The highest BCUT2D eigenvalue weighted by atomic mass is 16.5. The number of carbonyl (C=O) groups is 1. The van der Waals surface area contributed by atoms with Crippen molar-refractivity contribution in [3.05, 3.63) is 59.7 Å². The first-order valence-corrected chi connectivity index (χ1v) is 8.69. The van der Waals surface area contributed by atoms with Crippen LogP contribution in [-0.2, 0) is 4.74 Å². The molecule has 1 heterocycles. The number of aliphatic hydroxyl groups excluding tert-OH is 4. The van der Waals surface area contributed by atoms with Crippen LogP contribution in [0.4, 0.5) is 0 Å². The van der Waals surface area contributed by atoms with E-state index in [4.69, 9.17) is 4.74 Å². The molecule has 0 spiro atoms. The molecule has 144 valence electrons. The molecule has 0 radical (unpaired) electrons. The number of amides is 1. The number of rotatable bonds is 4. The van der Waals surface area contributed by atoms with Crippen molar-refractivity contribution in [2.24, 2.45) is 0 Å². The largest absolute Gasteiger partial charge is 0.394 e. The van der Waals surface area contributed by atoms with E-state index in [2.05, 4.69) is 5.32 Å². The van der Waals surface area contributed by atoms with E-state index in [-0.39, 0.29) is 5.91 Å². The Morgan fingerprint density at radius 3 is 2.33 bits per heavy atom. The molecule has 1 unspecified atom stereocenters. The maximum atomic E-state index is 11.7. The fraction of sp³-hybridized carbons (Fsp3) is 0.350. The summed E-state index contributed by atoms with van der Waals surface area (Å²) in [5, 5.41) is 42.1. The lowest BCUT2D eigenvalue weighted by Gasteiger charge is -2.40. The molecule has 0 saturated carbocycles. The van der Waals surface area contributed by atoms with Crippen molar-refractivity contribution in [3.63, 3.8) is 0 Å². The molecule has 0 aromatic heterocycles. The SMILES string of the molecule is CNC(=O)c1ccc(-c2cccc(C3O[C@H](CO)[C@@H](O)[C@H](O)[C@@H]3O)c2)cc1. The average molecular weight is 373 g/mol. The quantitative estimate of drug-likeness (QED) is 0.523. The summed E-state index contributed by atoms with van der Waals surface area (Å²) in [6, 6.07) is 14.3. The predicted molar refractivity (Wildman–Crippen MR) is 98.0 cm³/mol. The van der Waals surface area contributed by atoms with Crippen LogP contribution in [0.2, 0.25) is 0 Å². The lowest BCUT2D eigenvalue weighted by atomic mass is 9.90. The predicted octanol–water partition coefficient (Wildman–Crippen LogP) is 0.228. The summed E-state index contributed by atoms with van der Waals surface area (Å²) < 4.78 is 5.61. The summed E-state index contributed by atoms with van der Waals surface area (Å²) in [6.45, 7) is -0.470. The first-order chi connectivity index (χ1) is 13.0. The van der Waals surface area contributed by atoms with Gasteiger partial charge in [0.2, 0.25) is 0 Å². The number of ether oxygens (including phenoxy) is 1. The minimum Gasteiger partial charge on any atom is -0.394 e. The molecule has 27 heavy (non-hydrogen) atoms. The van der Waals surface area contributed by atoms with Gasteiger partial charge in [-0.3, -0.25) is 4.79 Å². The second-order valence-electron chi connectivity index (χ2n) is 6.53. The molecule has 7 heteroatoms. The average Bonchev–Trinajstić information content (AvgIpc) is 2.72. The van der Waals surface area contributed by atoms with E-state index in [1.165, 1.54) is 0 Å².